The van der Waals surface area contributed by atoms with Gasteiger partial charge in [0.2, 0.25) is 0 Å². The Morgan fingerprint density at radius 2 is 2.14 bits per heavy atom. The van der Waals surface area contributed by atoms with Crippen molar-refractivity contribution >= 4 is 5.78 Å². The molecular weight excluding hydrogens is 172 g/mol. The molecule has 0 saturated heterocycles. The Bertz CT molecular complexity index is 275. The molecule has 0 aromatic rings. The molecule has 1 heteroatoms. The summed E-state index contributed by atoms with van der Waals surface area (Å²) < 4.78 is 0. The summed E-state index contributed by atoms with van der Waals surface area (Å²) >= 11 is 0. The van der Waals surface area contributed by atoms with Gasteiger partial charge in [0.1, 0.15) is 5.78 Å². The van der Waals surface area contributed by atoms with Crippen molar-refractivity contribution in [1.82, 2.24) is 0 Å². The van der Waals surface area contributed by atoms with E-state index in [-0.39, 0.29) is 5.92 Å². The molecule has 0 aliphatic heterocycles. The molecule has 1 nitrogen and oxygen atoms in total. The van der Waals surface area contributed by atoms with Gasteiger partial charge in [0.05, 0.1) is 0 Å². The van der Waals surface area contributed by atoms with Crippen LogP contribution in [0.25, 0.3) is 0 Å². The third-order valence-electron chi connectivity index (χ3n) is 4.02. The second-order valence-corrected chi connectivity index (χ2v) is 5.16. The summed E-state index contributed by atoms with van der Waals surface area (Å²) in [7, 11) is 0. The molecule has 0 aromatic carbocycles. The minimum atomic E-state index is 0.230. The molecule has 0 amide bonds. The number of fused-ring (bicyclic) bond motifs is 2. The van der Waals surface area contributed by atoms with Crippen molar-refractivity contribution < 1.29 is 4.79 Å². The average Bonchev–Trinajstić information content (AvgIpc) is 2.74. The Labute approximate surface area is 86.6 Å². The first-order valence-corrected chi connectivity index (χ1v) is 5.82. The molecule has 2 saturated carbocycles. The molecule has 0 aromatic heterocycles. The normalized spacial score (nSPS) is 38.6. The Hall–Kier alpha value is -0.590. The van der Waals surface area contributed by atoms with Gasteiger partial charge in [-0.2, -0.15) is 0 Å². The van der Waals surface area contributed by atoms with Gasteiger partial charge in [0, 0.05) is 11.8 Å². The Kier molecular flexibility index (Phi) is 2.50. The molecule has 0 N–H and O–H groups in total. The van der Waals surface area contributed by atoms with Gasteiger partial charge in [-0.1, -0.05) is 25.5 Å². The van der Waals surface area contributed by atoms with Crippen LogP contribution in [0.1, 0.15) is 40.0 Å². The summed E-state index contributed by atoms with van der Waals surface area (Å²) in [6, 6.07) is 0. The lowest BCUT2D eigenvalue weighted by atomic mass is 9.80. The Morgan fingerprint density at radius 1 is 1.43 bits per heavy atom. The van der Waals surface area contributed by atoms with Crippen LogP contribution in [-0.2, 0) is 4.79 Å². The monoisotopic (exact) mass is 192 g/mol. The molecule has 2 bridgehead atoms. The average molecular weight is 192 g/mol. The van der Waals surface area contributed by atoms with Gasteiger partial charge < -0.3 is 0 Å². The van der Waals surface area contributed by atoms with Crippen LogP contribution < -0.4 is 0 Å². The summed E-state index contributed by atoms with van der Waals surface area (Å²) in [5.41, 5.74) is 1.61. The molecule has 3 unspecified atom stereocenters. The number of hydrogen-bond acceptors (Lipinski definition) is 1. The highest BCUT2D eigenvalue weighted by Gasteiger charge is 2.45. The van der Waals surface area contributed by atoms with Crippen LogP contribution in [0.15, 0.2) is 11.6 Å². The van der Waals surface area contributed by atoms with Crippen molar-refractivity contribution in [3.8, 4) is 0 Å². The second-order valence-electron chi connectivity index (χ2n) is 5.16. The van der Waals surface area contributed by atoms with E-state index in [0.717, 1.165) is 12.3 Å². The molecular formula is C13H20O. The molecule has 2 aliphatic rings. The first-order valence-electron chi connectivity index (χ1n) is 5.82. The number of carbonyl (C=O) groups is 1. The predicted octanol–water partition coefficient (Wildman–Crippen LogP) is 3.20. The Morgan fingerprint density at radius 3 is 2.57 bits per heavy atom. The summed E-state index contributed by atoms with van der Waals surface area (Å²) in [5.74, 6) is 2.56. The fourth-order valence-corrected chi connectivity index (χ4v) is 3.25. The minimum absolute atomic E-state index is 0.230. The smallest absolute Gasteiger partial charge is 0.138 e. The highest BCUT2D eigenvalue weighted by Crippen LogP contribution is 2.52. The van der Waals surface area contributed by atoms with Crippen molar-refractivity contribution in [1.29, 1.82) is 0 Å². The zero-order valence-electron chi connectivity index (χ0n) is 9.42. The van der Waals surface area contributed by atoms with E-state index in [2.05, 4.69) is 13.0 Å². The van der Waals surface area contributed by atoms with E-state index >= 15 is 0 Å². The van der Waals surface area contributed by atoms with Gasteiger partial charge in [-0.05, 0) is 38.0 Å². The fourth-order valence-electron chi connectivity index (χ4n) is 3.25. The number of hydrogen-bond donors (Lipinski definition) is 0. The van der Waals surface area contributed by atoms with Gasteiger partial charge in [0.25, 0.3) is 0 Å². The van der Waals surface area contributed by atoms with Gasteiger partial charge in [-0.3, -0.25) is 4.79 Å². The van der Waals surface area contributed by atoms with Crippen LogP contribution >= 0.6 is 0 Å². The van der Waals surface area contributed by atoms with Gasteiger partial charge in [0.15, 0.2) is 0 Å². The number of ketones is 1. The summed E-state index contributed by atoms with van der Waals surface area (Å²) in [4.78, 5) is 11.9. The SMILES string of the molecule is C/C=C1\CC2CC1CC2C(=O)C(C)C. The zero-order valence-corrected chi connectivity index (χ0v) is 9.42. The maximum absolute atomic E-state index is 11.9. The standard InChI is InChI=1S/C13H20O/c1-4-9-5-11-6-10(9)7-12(11)13(14)8(2)3/h4,8,10-12H,5-7H2,1-3H3/b9-4+. The largest absolute Gasteiger partial charge is 0.299 e. The van der Waals surface area contributed by atoms with Gasteiger partial charge >= 0.3 is 0 Å². The van der Waals surface area contributed by atoms with E-state index in [4.69, 9.17) is 0 Å². The summed E-state index contributed by atoms with van der Waals surface area (Å²) in [5, 5.41) is 0. The van der Waals surface area contributed by atoms with Crippen LogP contribution in [-0.4, -0.2) is 5.78 Å². The van der Waals surface area contributed by atoms with E-state index in [0.29, 0.717) is 17.6 Å². The van der Waals surface area contributed by atoms with Crippen LogP contribution in [0.2, 0.25) is 0 Å². The maximum Gasteiger partial charge on any atom is 0.138 e. The number of allylic oxidation sites excluding steroid dienone is 2. The third-order valence-corrected chi connectivity index (χ3v) is 4.02. The molecule has 14 heavy (non-hydrogen) atoms. The number of carbonyl (C=O) groups excluding carboxylic acids is 1. The van der Waals surface area contributed by atoms with E-state index in [1.54, 1.807) is 5.57 Å². The lowest BCUT2D eigenvalue weighted by Gasteiger charge is -2.23. The quantitative estimate of drug-likeness (QED) is 0.614. The first-order chi connectivity index (χ1) is 6.63. The Balaban J connectivity index is 2.07. The van der Waals surface area contributed by atoms with Crippen LogP contribution in [0.5, 0.6) is 0 Å². The van der Waals surface area contributed by atoms with Crippen LogP contribution in [0, 0.1) is 23.7 Å². The number of rotatable bonds is 2. The van der Waals surface area contributed by atoms with Gasteiger partial charge in [-0.15, -0.1) is 0 Å². The summed E-state index contributed by atoms with van der Waals surface area (Å²) in [6.45, 7) is 6.20. The van der Waals surface area contributed by atoms with Crippen molar-refractivity contribution in [2.24, 2.45) is 23.7 Å². The number of Topliss-reactive ketones (excluding diaryl/α,β-unsaturated/α-hetero) is 1. The molecule has 0 heterocycles. The summed E-state index contributed by atoms with van der Waals surface area (Å²) in [6.07, 6.45) is 5.88. The molecule has 2 fully saturated rings. The van der Waals surface area contributed by atoms with Gasteiger partial charge in [-0.25, -0.2) is 0 Å². The predicted molar refractivity (Wildman–Crippen MR) is 57.9 cm³/mol. The lowest BCUT2D eigenvalue weighted by molar-refractivity contribution is -0.127. The minimum Gasteiger partial charge on any atom is -0.299 e. The second kappa shape index (κ2) is 3.52. The van der Waals surface area contributed by atoms with E-state index in [9.17, 15) is 4.79 Å². The van der Waals surface area contributed by atoms with Crippen molar-refractivity contribution in [2.75, 3.05) is 0 Å². The molecule has 2 aliphatic carbocycles. The molecule has 0 radical (unpaired) electrons. The van der Waals surface area contributed by atoms with Crippen LogP contribution in [0.3, 0.4) is 0 Å². The zero-order chi connectivity index (χ0) is 10.3. The van der Waals surface area contributed by atoms with E-state index in [1.807, 2.05) is 13.8 Å². The topological polar surface area (TPSA) is 17.1 Å². The highest BCUT2D eigenvalue weighted by atomic mass is 16.1. The fraction of sp³-hybridized carbons (Fsp3) is 0.769. The van der Waals surface area contributed by atoms with Crippen molar-refractivity contribution in [3.63, 3.8) is 0 Å². The maximum atomic E-state index is 11.9. The molecule has 0 spiro atoms. The van der Waals surface area contributed by atoms with E-state index in [1.165, 1.54) is 12.8 Å². The van der Waals surface area contributed by atoms with E-state index < -0.39 is 0 Å². The molecule has 78 valence electrons. The van der Waals surface area contributed by atoms with Crippen molar-refractivity contribution in [2.45, 2.75) is 40.0 Å². The molecule has 3 atom stereocenters. The van der Waals surface area contributed by atoms with Crippen LogP contribution in [0.4, 0.5) is 0 Å². The lowest BCUT2D eigenvalue weighted by Crippen LogP contribution is -2.25. The van der Waals surface area contributed by atoms with Crippen molar-refractivity contribution in [3.05, 3.63) is 11.6 Å². The molecule has 2 rings (SSSR count). The third kappa shape index (κ3) is 1.43. The first kappa shape index (κ1) is 9.95. The highest BCUT2D eigenvalue weighted by molar-refractivity contribution is 5.83.